The van der Waals surface area contributed by atoms with Crippen LogP contribution in [0.15, 0.2) is 30.5 Å². The summed E-state index contributed by atoms with van der Waals surface area (Å²) in [4.78, 5) is 19.8. The summed E-state index contributed by atoms with van der Waals surface area (Å²) in [5.74, 6) is -1.37. The molecule has 1 N–H and O–H groups in total. The van der Waals surface area contributed by atoms with Gasteiger partial charge in [-0.2, -0.15) is 4.39 Å². The van der Waals surface area contributed by atoms with Crippen LogP contribution in [-0.4, -0.2) is 22.0 Å². The summed E-state index contributed by atoms with van der Waals surface area (Å²) < 4.78 is 27.0. The SMILES string of the molecule is Cc1cc(F)ncc1-c1ccc2nc(NC(=O)C3CC3F)sc2c1. The number of anilines is 1. The summed E-state index contributed by atoms with van der Waals surface area (Å²) in [5.41, 5.74) is 3.29. The molecular weight excluding hydrogens is 332 g/mol. The number of thiazole rings is 1. The van der Waals surface area contributed by atoms with Crippen molar-refractivity contribution in [2.45, 2.75) is 19.5 Å². The zero-order valence-electron chi connectivity index (χ0n) is 12.7. The first kappa shape index (κ1) is 15.1. The Bertz CT molecular complexity index is 956. The molecule has 3 aromatic rings. The standard InChI is InChI=1S/C17H13F2N3OS/c1-8-4-15(19)20-7-11(8)9-2-3-13-14(5-9)24-17(21-13)22-16(23)10-6-12(10)18/h2-5,7,10,12H,6H2,1H3,(H,21,22,23). The molecule has 4 rings (SSSR count). The molecule has 1 aliphatic carbocycles. The fraction of sp³-hybridized carbons (Fsp3) is 0.235. The predicted molar refractivity (Wildman–Crippen MR) is 89.2 cm³/mol. The van der Waals surface area contributed by atoms with Crippen molar-refractivity contribution in [3.8, 4) is 11.1 Å². The number of aryl methyl sites for hydroxylation is 1. The minimum atomic E-state index is -1.03. The van der Waals surface area contributed by atoms with Gasteiger partial charge in [0.25, 0.3) is 0 Å². The molecular formula is C17H13F2N3OS. The van der Waals surface area contributed by atoms with E-state index in [1.165, 1.54) is 23.6 Å². The monoisotopic (exact) mass is 345 g/mol. The van der Waals surface area contributed by atoms with Gasteiger partial charge in [-0.15, -0.1) is 0 Å². The lowest BCUT2D eigenvalue weighted by molar-refractivity contribution is -0.117. The second-order valence-corrected chi connectivity index (χ2v) is 6.90. The fourth-order valence-electron chi connectivity index (χ4n) is 2.60. The van der Waals surface area contributed by atoms with Crippen molar-refractivity contribution >= 4 is 32.6 Å². The van der Waals surface area contributed by atoms with E-state index in [1.807, 2.05) is 25.1 Å². The molecule has 0 spiro atoms. The van der Waals surface area contributed by atoms with Crippen LogP contribution >= 0.6 is 11.3 Å². The predicted octanol–water partition coefficient (Wildman–Crippen LogP) is 4.10. The first-order valence-electron chi connectivity index (χ1n) is 7.49. The van der Waals surface area contributed by atoms with Crippen molar-refractivity contribution in [1.82, 2.24) is 9.97 Å². The number of fused-ring (bicyclic) bond motifs is 1. The molecule has 1 amide bonds. The maximum atomic E-state index is 13.2. The van der Waals surface area contributed by atoms with Gasteiger partial charge in [-0.3, -0.25) is 4.79 Å². The highest BCUT2D eigenvalue weighted by atomic mass is 32.1. The van der Waals surface area contributed by atoms with Crippen LogP contribution in [0.5, 0.6) is 0 Å². The smallest absolute Gasteiger partial charge is 0.232 e. The summed E-state index contributed by atoms with van der Waals surface area (Å²) in [6.07, 6.45) is 0.766. The molecule has 24 heavy (non-hydrogen) atoms. The Morgan fingerprint density at radius 2 is 2.17 bits per heavy atom. The minimum absolute atomic E-state index is 0.289. The molecule has 2 unspecified atom stereocenters. The van der Waals surface area contributed by atoms with Gasteiger partial charge in [0.05, 0.1) is 16.1 Å². The second-order valence-electron chi connectivity index (χ2n) is 5.87. The van der Waals surface area contributed by atoms with Gasteiger partial charge in [-0.1, -0.05) is 17.4 Å². The van der Waals surface area contributed by atoms with Gasteiger partial charge in [-0.25, -0.2) is 14.4 Å². The van der Waals surface area contributed by atoms with Crippen molar-refractivity contribution in [3.05, 3.63) is 42.0 Å². The fourth-order valence-corrected chi connectivity index (χ4v) is 3.51. The van der Waals surface area contributed by atoms with Gasteiger partial charge in [0, 0.05) is 11.8 Å². The van der Waals surface area contributed by atoms with Gasteiger partial charge in [-0.05, 0) is 42.7 Å². The first-order valence-corrected chi connectivity index (χ1v) is 8.31. The highest BCUT2D eigenvalue weighted by Crippen LogP contribution is 2.36. The molecule has 1 saturated carbocycles. The Balaban J connectivity index is 1.64. The molecule has 2 heterocycles. The third-order valence-electron chi connectivity index (χ3n) is 4.06. The van der Waals surface area contributed by atoms with Gasteiger partial charge in [0.2, 0.25) is 11.9 Å². The van der Waals surface area contributed by atoms with Crippen molar-refractivity contribution in [2.75, 3.05) is 5.32 Å². The summed E-state index contributed by atoms with van der Waals surface area (Å²) >= 11 is 1.33. The Hall–Kier alpha value is -2.41. The summed E-state index contributed by atoms with van der Waals surface area (Å²) in [6.45, 7) is 1.83. The lowest BCUT2D eigenvalue weighted by Crippen LogP contribution is -2.14. The number of benzene rings is 1. The van der Waals surface area contributed by atoms with Gasteiger partial charge < -0.3 is 5.32 Å². The summed E-state index contributed by atoms with van der Waals surface area (Å²) in [7, 11) is 0. The number of rotatable bonds is 3. The van der Waals surface area contributed by atoms with E-state index in [-0.39, 0.29) is 12.3 Å². The maximum absolute atomic E-state index is 13.2. The van der Waals surface area contributed by atoms with Crippen LogP contribution in [-0.2, 0) is 4.79 Å². The van der Waals surface area contributed by atoms with Crippen molar-refractivity contribution in [1.29, 1.82) is 0 Å². The third kappa shape index (κ3) is 2.75. The Kier molecular flexibility index (Phi) is 3.53. The Morgan fingerprint density at radius 1 is 1.38 bits per heavy atom. The number of amides is 1. The number of alkyl halides is 1. The van der Waals surface area contributed by atoms with Crippen LogP contribution in [0.4, 0.5) is 13.9 Å². The van der Waals surface area contributed by atoms with Crippen LogP contribution in [0.2, 0.25) is 0 Å². The molecule has 4 nitrogen and oxygen atoms in total. The molecule has 1 aromatic carbocycles. The molecule has 2 atom stereocenters. The van der Waals surface area contributed by atoms with E-state index < -0.39 is 18.0 Å². The average molecular weight is 345 g/mol. The second kappa shape index (κ2) is 5.59. The highest BCUT2D eigenvalue weighted by Gasteiger charge is 2.43. The van der Waals surface area contributed by atoms with Crippen LogP contribution in [0.3, 0.4) is 0 Å². The van der Waals surface area contributed by atoms with Gasteiger partial charge in [0.15, 0.2) is 5.13 Å². The molecule has 0 radical (unpaired) electrons. The topological polar surface area (TPSA) is 54.9 Å². The summed E-state index contributed by atoms with van der Waals surface area (Å²) in [6, 6.07) is 7.04. The van der Waals surface area contributed by atoms with Crippen LogP contribution < -0.4 is 5.32 Å². The van der Waals surface area contributed by atoms with Gasteiger partial charge in [0.1, 0.15) is 6.17 Å². The number of carbonyl (C=O) groups is 1. The quantitative estimate of drug-likeness (QED) is 0.727. The molecule has 0 aliphatic heterocycles. The Labute approximate surface area is 140 Å². The Morgan fingerprint density at radius 3 is 2.88 bits per heavy atom. The number of hydrogen-bond acceptors (Lipinski definition) is 4. The molecule has 122 valence electrons. The van der Waals surface area contributed by atoms with Crippen LogP contribution in [0, 0.1) is 18.8 Å². The molecule has 1 fully saturated rings. The molecule has 2 aromatic heterocycles. The van der Waals surface area contributed by atoms with Crippen LogP contribution in [0.1, 0.15) is 12.0 Å². The first-order chi connectivity index (χ1) is 11.5. The lowest BCUT2D eigenvalue weighted by atomic mass is 10.0. The van der Waals surface area contributed by atoms with Crippen molar-refractivity contribution in [3.63, 3.8) is 0 Å². The highest BCUT2D eigenvalue weighted by molar-refractivity contribution is 7.22. The number of aromatic nitrogens is 2. The molecule has 1 aliphatic rings. The normalized spacial score (nSPS) is 19.5. The summed E-state index contributed by atoms with van der Waals surface area (Å²) in [5, 5.41) is 3.13. The third-order valence-corrected chi connectivity index (χ3v) is 4.99. The van der Waals surface area contributed by atoms with Gasteiger partial charge >= 0.3 is 0 Å². The zero-order chi connectivity index (χ0) is 16.8. The molecule has 7 heteroatoms. The largest absolute Gasteiger partial charge is 0.302 e. The van der Waals surface area contributed by atoms with E-state index in [0.717, 1.165) is 26.9 Å². The lowest BCUT2D eigenvalue weighted by Gasteiger charge is -2.05. The zero-order valence-corrected chi connectivity index (χ0v) is 13.5. The van der Waals surface area contributed by atoms with Crippen molar-refractivity contribution in [2.24, 2.45) is 5.92 Å². The average Bonchev–Trinajstić information content (AvgIpc) is 3.13. The number of nitrogens with one attached hydrogen (secondary N) is 1. The van der Waals surface area contributed by atoms with E-state index in [0.29, 0.717) is 5.13 Å². The minimum Gasteiger partial charge on any atom is -0.302 e. The van der Waals surface area contributed by atoms with Crippen LogP contribution in [0.25, 0.3) is 21.3 Å². The molecule has 0 saturated heterocycles. The number of carbonyl (C=O) groups excluding carboxylic acids is 1. The van der Waals surface area contributed by atoms with E-state index >= 15 is 0 Å². The van der Waals surface area contributed by atoms with E-state index in [2.05, 4.69) is 15.3 Å². The number of hydrogen-bond donors (Lipinski definition) is 1. The van der Waals surface area contributed by atoms with Crippen molar-refractivity contribution < 1.29 is 13.6 Å². The van der Waals surface area contributed by atoms with E-state index in [1.54, 1.807) is 0 Å². The number of nitrogens with zero attached hydrogens (tertiary/aromatic N) is 2. The number of pyridine rings is 1. The number of halogens is 2. The van der Waals surface area contributed by atoms with E-state index in [9.17, 15) is 13.6 Å². The maximum Gasteiger partial charge on any atom is 0.232 e. The molecule has 0 bridgehead atoms. The van der Waals surface area contributed by atoms with E-state index in [4.69, 9.17) is 0 Å².